The van der Waals surface area contributed by atoms with Crippen molar-refractivity contribution in [3.63, 3.8) is 0 Å². The number of amides is 1. The number of Topliss-reactive ketones (excluding diaryl/α,β-unsaturated/α-hetero) is 1. The molecule has 2 atom stereocenters. The molecule has 0 radical (unpaired) electrons. The van der Waals surface area contributed by atoms with E-state index < -0.39 is 5.60 Å². The maximum atomic E-state index is 12.1. The third-order valence-electron chi connectivity index (χ3n) is 3.99. The van der Waals surface area contributed by atoms with E-state index in [1.165, 1.54) is 0 Å². The van der Waals surface area contributed by atoms with Crippen molar-refractivity contribution in [1.29, 1.82) is 0 Å². The molecule has 1 aliphatic carbocycles. The summed E-state index contributed by atoms with van der Waals surface area (Å²) < 4.78 is 10.8. The highest BCUT2D eigenvalue weighted by Crippen LogP contribution is 2.51. The van der Waals surface area contributed by atoms with Crippen LogP contribution in [0.1, 0.15) is 26.2 Å². The van der Waals surface area contributed by atoms with Gasteiger partial charge in [0.15, 0.2) is 5.78 Å². The minimum Gasteiger partial charge on any atom is -0.450 e. The van der Waals surface area contributed by atoms with Crippen molar-refractivity contribution in [3.8, 4) is 0 Å². The van der Waals surface area contributed by atoms with Crippen molar-refractivity contribution in [2.24, 2.45) is 5.92 Å². The fraction of sp³-hybridized carbons (Fsp3) is 0.833. The first-order chi connectivity index (χ1) is 8.16. The van der Waals surface area contributed by atoms with Crippen LogP contribution < -0.4 is 0 Å². The van der Waals surface area contributed by atoms with Crippen molar-refractivity contribution in [1.82, 2.24) is 4.90 Å². The molecule has 2 unspecified atom stereocenters. The van der Waals surface area contributed by atoms with Crippen molar-refractivity contribution >= 4 is 11.9 Å². The van der Waals surface area contributed by atoms with E-state index in [0.717, 1.165) is 6.42 Å². The predicted octanol–water partition coefficient (Wildman–Crippen LogP) is 0.965. The second-order valence-electron chi connectivity index (χ2n) is 5.04. The standard InChI is InChI=1S/C12H17NO4/c1-2-16-11(15)13-5-3-12(4-6-13)10(14)8-7-9(8)17-12/h8-9H,2-7H2,1H3. The Morgan fingerprint density at radius 3 is 2.76 bits per heavy atom. The Hall–Kier alpha value is -1.10. The maximum absolute atomic E-state index is 12.1. The number of ketones is 1. The largest absolute Gasteiger partial charge is 0.450 e. The Bertz CT molecular complexity index is 360. The number of hydrogen-bond donors (Lipinski definition) is 0. The summed E-state index contributed by atoms with van der Waals surface area (Å²) in [5.74, 6) is 0.426. The van der Waals surface area contributed by atoms with E-state index in [0.29, 0.717) is 32.5 Å². The molecule has 5 heteroatoms. The molecule has 2 saturated heterocycles. The first-order valence-electron chi connectivity index (χ1n) is 6.30. The molecule has 3 aliphatic rings. The van der Waals surface area contributed by atoms with Gasteiger partial charge in [0.2, 0.25) is 0 Å². The number of carbonyl (C=O) groups is 2. The minimum absolute atomic E-state index is 0.157. The van der Waals surface area contributed by atoms with Crippen molar-refractivity contribution in [2.75, 3.05) is 19.7 Å². The molecule has 2 aliphatic heterocycles. The van der Waals surface area contributed by atoms with Crippen molar-refractivity contribution in [2.45, 2.75) is 37.9 Å². The van der Waals surface area contributed by atoms with Crippen LogP contribution in [0.5, 0.6) is 0 Å². The molecule has 17 heavy (non-hydrogen) atoms. The second kappa shape index (κ2) is 3.70. The van der Waals surface area contributed by atoms with Crippen LogP contribution in [0.15, 0.2) is 0 Å². The van der Waals surface area contributed by atoms with Crippen molar-refractivity contribution < 1.29 is 19.1 Å². The van der Waals surface area contributed by atoms with Gasteiger partial charge in [-0.3, -0.25) is 4.79 Å². The van der Waals surface area contributed by atoms with Crippen LogP contribution in [-0.4, -0.2) is 48.2 Å². The molecule has 0 N–H and O–H groups in total. The van der Waals surface area contributed by atoms with E-state index in [4.69, 9.17) is 9.47 Å². The molecule has 1 saturated carbocycles. The number of rotatable bonds is 1. The number of likely N-dealkylation sites (tertiary alicyclic amines) is 1. The van der Waals surface area contributed by atoms with Crippen LogP contribution >= 0.6 is 0 Å². The normalized spacial score (nSPS) is 33.7. The van der Waals surface area contributed by atoms with Gasteiger partial charge in [0.25, 0.3) is 0 Å². The quantitative estimate of drug-likeness (QED) is 0.684. The summed E-state index contributed by atoms with van der Waals surface area (Å²) in [6.07, 6.45) is 2.05. The average molecular weight is 239 g/mol. The van der Waals surface area contributed by atoms with Gasteiger partial charge in [0, 0.05) is 31.8 Å². The molecular formula is C12H17NO4. The van der Waals surface area contributed by atoms with Crippen LogP contribution in [0.2, 0.25) is 0 Å². The average Bonchev–Trinajstić information content (AvgIpc) is 3.03. The van der Waals surface area contributed by atoms with Crippen LogP contribution in [-0.2, 0) is 14.3 Å². The zero-order chi connectivity index (χ0) is 12.0. The summed E-state index contributed by atoms with van der Waals surface area (Å²) in [6.45, 7) is 3.30. The molecule has 94 valence electrons. The number of fused-ring (bicyclic) bond motifs is 1. The lowest BCUT2D eigenvalue weighted by Crippen LogP contribution is -2.51. The van der Waals surface area contributed by atoms with Gasteiger partial charge in [0.1, 0.15) is 5.60 Å². The predicted molar refractivity (Wildman–Crippen MR) is 58.5 cm³/mol. The summed E-state index contributed by atoms with van der Waals surface area (Å²) in [7, 11) is 0. The van der Waals surface area contributed by atoms with Gasteiger partial charge >= 0.3 is 6.09 Å². The minimum atomic E-state index is -0.573. The fourth-order valence-corrected chi connectivity index (χ4v) is 2.89. The molecule has 3 rings (SSSR count). The molecule has 3 fully saturated rings. The lowest BCUT2D eigenvalue weighted by atomic mass is 9.86. The number of carbonyl (C=O) groups excluding carboxylic acids is 2. The van der Waals surface area contributed by atoms with Gasteiger partial charge < -0.3 is 14.4 Å². The Balaban J connectivity index is 1.61. The Kier molecular flexibility index (Phi) is 2.40. The Labute approximate surface area is 100 Å². The number of hydrogen-bond acceptors (Lipinski definition) is 4. The first-order valence-corrected chi connectivity index (χ1v) is 6.30. The van der Waals surface area contributed by atoms with E-state index >= 15 is 0 Å². The van der Waals surface area contributed by atoms with Crippen LogP contribution in [0, 0.1) is 5.92 Å². The van der Waals surface area contributed by atoms with Gasteiger partial charge in [-0.15, -0.1) is 0 Å². The highest BCUT2D eigenvalue weighted by Gasteiger charge is 2.63. The third kappa shape index (κ3) is 1.64. The van der Waals surface area contributed by atoms with Crippen LogP contribution in [0.4, 0.5) is 4.79 Å². The summed E-state index contributed by atoms with van der Waals surface area (Å²) in [6, 6.07) is 0. The summed E-state index contributed by atoms with van der Waals surface area (Å²) in [5, 5.41) is 0. The topological polar surface area (TPSA) is 55.8 Å². The second-order valence-corrected chi connectivity index (χ2v) is 5.04. The zero-order valence-electron chi connectivity index (χ0n) is 9.98. The molecule has 0 aromatic heterocycles. The van der Waals surface area contributed by atoms with Gasteiger partial charge in [-0.05, 0) is 13.3 Å². The van der Waals surface area contributed by atoms with Gasteiger partial charge in [0.05, 0.1) is 12.7 Å². The van der Waals surface area contributed by atoms with E-state index in [1.54, 1.807) is 11.8 Å². The lowest BCUT2D eigenvalue weighted by molar-refractivity contribution is -0.142. The molecule has 1 amide bonds. The highest BCUT2D eigenvalue weighted by molar-refractivity contribution is 5.94. The summed E-state index contributed by atoms with van der Waals surface area (Å²) in [4.78, 5) is 25.3. The molecule has 0 aromatic rings. The molecule has 0 bridgehead atoms. The lowest BCUT2D eigenvalue weighted by Gasteiger charge is -2.37. The molecule has 0 aromatic carbocycles. The Morgan fingerprint density at radius 2 is 2.24 bits per heavy atom. The van der Waals surface area contributed by atoms with Crippen LogP contribution in [0.25, 0.3) is 0 Å². The van der Waals surface area contributed by atoms with E-state index in [-0.39, 0.29) is 23.9 Å². The van der Waals surface area contributed by atoms with E-state index in [1.807, 2.05) is 0 Å². The Morgan fingerprint density at radius 1 is 1.53 bits per heavy atom. The number of piperidine rings is 1. The number of nitrogens with zero attached hydrogens (tertiary/aromatic N) is 1. The SMILES string of the molecule is CCOC(=O)N1CCC2(CC1)OC1CC1C2=O. The molecular weight excluding hydrogens is 222 g/mol. The highest BCUT2D eigenvalue weighted by atomic mass is 16.6. The zero-order valence-corrected chi connectivity index (χ0v) is 9.98. The van der Waals surface area contributed by atoms with Crippen LogP contribution in [0.3, 0.4) is 0 Å². The maximum Gasteiger partial charge on any atom is 0.409 e. The smallest absolute Gasteiger partial charge is 0.409 e. The van der Waals surface area contributed by atoms with Gasteiger partial charge in [-0.2, -0.15) is 0 Å². The molecule has 5 nitrogen and oxygen atoms in total. The van der Waals surface area contributed by atoms with Gasteiger partial charge in [-0.1, -0.05) is 0 Å². The first kappa shape index (κ1) is 11.0. The van der Waals surface area contributed by atoms with Gasteiger partial charge in [-0.25, -0.2) is 4.79 Å². The molecule has 1 spiro atoms. The number of ether oxygens (including phenoxy) is 2. The fourth-order valence-electron chi connectivity index (χ4n) is 2.89. The van der Waals surface area contributed by atoms with E-state index in [9.17, 15) is 9.59 Å². The third-order valence-corrected chi connectivity index (χ3v) is 3.99. The summed E-state index contributed by atoms with van der Waals surface area (Å²) >= 11 is 0. The monoisotopic (exact) mass is 239 g/mol. The summed E-state index contributed by atoms with van der Waals surface area (Å²) in [5.41, 5.74) is -0.573. The van der Waals surface area contributed by atoms with E-state index in [2.05, 4.69) is 0 Å². The van der Waals surface area contributed by atoms with Crippen molar-refractivity contribution in [3.05, 3.63) is 0 Å². The molecule has 2 heterocycles.